The molecule has 5 heteroatoms. The van der Waals surface area contributed by atoms with Crippen LogP contribution >= 0.6 is 27.7 Å². The van der Waals surface area contributed by atoms with Crippen LogP contribution in [0.25, 0.3) is 0 Å². The second kappa shape index (κ2) is 5.53. The van der Waals surface area contributed by atoms with Crippen LogP contribution in [0.4, 0.5) is 0 Å². The summed E-state index contributed by atoms with van der Waals surface area (Å²) in [6, 6.07) is 4.99. The molecular formula is C10H11BrO3S. The molecule has 0 saturated heterocycles. The van der Waals surface area contributed by atoms with Gasteiger partial charge in [0.15, 0.2) is 0 Å². The van der Waals surface area contributed by atoms with Crippen molar-refractivity contribution in [3.63, 3.8) is 0 Å². The van der Waals surface area contributed by atoms with E-state index in [-0.39, 0.29) is 5.56 Å². The molecule has 0 aromatic heterocycles. The number of hydrogen-bond acceptors (Lipinski definition) is 3. The number of benzene rings is 1. The molecule has 0 heterocycles. The minimum absolute atomic E-state index is 0.267. The van der Waals surface area contributed by atoms with E-state index in [1.165, 1.54) is 11.8 Å². The number of aliphatic hydroxyl groups excluding tert-OH is 1. The number of carboxylic acid groups (broad SMARTS) is 1. The molecule has 0 aliphatic rings. The van der Waals surface area contributed by atoms with Crippen LogP contribution in [0.3, 0.4) is 0 Å². The Kier molecular flexibility index (Phi) is 4.63. The van der Waals surface area contributed by atoms with E-state index in [2.05, 4.69) is 15.9 Å². The number of carboxylic acids is 1. The lowest BCUT2D eigenvalue weighted by Crippen LogP contribution is -2.04. The Labute approximate surface area is 101 Å². The van der Waals surface area contributed by atoms with E-state index in [0.717, 1.165) is 4.47 Å². The number of thioether (sulfide) groups is 1. The van der Waals surface area contributed by atoms with Gasteiger partial charge in [-0.3, -0.25) is 0 Å². The third kappa shape index (κ3) is 3.85. The predicted molar refractivity (Wildman–Crippen MR) is 63.5 cm³/mol. The molecule has 1 aromatic carbocycles. The summed E-state index contributed by atoms with van der Waals surface area (Å²) in [5.74, 6) is -0.466. The first kappa shape index (κ1) is 12.5. The zero-order chi connectivity index (χ0) is 11.4. The number of rotatable bonds is 4. The van der Waals surface area contributed by atoms with Crippen LogP contribution in [-0.4, -0.2) is 28.0 Å². The van der Waals surface area contributed by atoms with Gasteiger partial charge in [-0.25, -0.2) is 4.79 Å². The molecule has 0 aliphatic heterocycles. The monoisotopic (exact) mass is 290 g/mol. The highest BCUT2D eigenvalue weighted by Crippen LogP contribution is 2.27. The molecule has 0 spiro atoms. The van der Waals surface area contributed by atoms with Gasteiger partial charge in [0.25, 0.3) is 0 Å². The average molecular weight is 291 g/mol. The largest absolute Gasteiger partial charge is 0.478 e. The van der Waals surface area contributed by atoms with Crippen LogP contribution < -0.4 is 0 Å². The number of hydrogen-bond donors (Lipinski definition) is 2. The highest BCUT2D eigenvalue weighted by Gasteiger charge is 2.11. The topological polar surface area (TPSA) is 57.5 Å². The summed E-state index contributed by atoms with van der Waals surface area (Å²) in [4.78, 5) is 11.6. The lowest BCUT2D eigenvalue weighted by molar-refractivity contribution is 0.0693. The minimum atomic E-state index is -0.949. The Balaban J connectivity index is 2.92. The molecule has 1 atom stereocenters. The quantitative estimate of drug-likeness (QED) is 0.837. The van der Waals surface area contributed by atoms with Crippen LogP contribution in [-0.2, 0) is 0 Å². The van der Waals surface area contributed by atoms with Gasteiger partial charge in [0.2, 0.25) is 0 Å². The zero-order valence-electron chi connectivity index (χ0n) is 8.11. The van der Waals surface area contributed by atoms with E-state index in [1.54, 1.807) is 25.1 Å². The lowest BCUT2D eigenvalue weighted by atomic mass is 10.2. The molecule has 0 amide bonds. The smallest absolute Gasteiger partial charge is 0.336 e. The molecule has 0 bridgehead atoms. The molecule has 3 nitrogen and oxygen atoms in total. The van der Waals surface area contributed by atoms with Gasteiger partial charge in [-0.15, -0.1) is 11.8 Å². The van der Waals surface area contributed by atoms with E-state index in [0.29, 0.717) is 10.6 Å². The Morgan fingerprint density at radius 2 is 2.27 bits per heavy atom. The van der Waals surface area contributed by atoms with Gasteiger partial charge in [-0.2, -0.15) is 0 Å². The van der Waals surface area contributed by atoms with Gasteiger partial charge in [-0.05, 0) is 25.1 Å². The van der Waals surface area contributed by atoms with Crippen molar-refractivity contribution in [2.24, 2.45) is 0 Å². The fourth-order valence-electron chi connectivity index (χ4n) is 1.00. The first-order valence-electron chi connectivity index (χ1n) is 4.34. The number of carbonyl (C=O) groups is 1. The van der Waals surface area contributed by atoms with E-state index in [4.69, 9.17) is 10.2 Å². The maximum absolute atomic E-state index is 10.9. The highest BCUT2D eigenvalue weighted by atomic mass is 79.9. The van der Waals surface area contributed by atoms with Crippen molar-refractivity contribution in [2.75, 3.05) is 5.75 Å². The first-order valence-corrected chi connectivity index (χ1v) is 6.12. The molecule has 1 unspecified atom stereocenters. The van der Waals surface area contributed by atoms with E-state index in [1.807, 2.05) is 0 Å². The molecule has 82 valence electrons. The van der Waals surface area contributed by atoms with Gasteiger partial charge < -0.3 is 10.2 Å². The molecular weight excluding hydrogens is 280 g/mol. The average Bonchev–Trinajstić information content (AvgIpc) is 2.14. The van der Waals surface area contributed by atoms with Crippen LogP contribution in [0.2, 0.25) is 0 Å². The predicted octanol–water partition coefficient (Wildman–Crippen LogP) is 2.62. The zero-order valence-corrected chi connectivity index (χ0v) is 10.5. The van der Waals surface area contributed by atoms with Crippen LogP contribution in [0.1, 0.15) is 17.3 Å². The van der Waals surface area contributed by atoms with E-state index < -0.39 is 12.1 Å². The fourth-order valence-corrected chi connectivity index (χ4v) is 2.46. The van der Waals surface area contributed by atoms with Gasteiger partial charge in [-0.1, -0.05) is 15.9 Å². The van der Waals surface area contributed by atoms with Crippen molar-refractivity contribution in [3.05, 3.63) is 28.2 Å². The van der Waals surface area contributed by atoms with Crippen molar-refractivity contribution < 1.29 is 15.0 Å². The number of aliphatic hydroxyl groups is 1. The molecule has 1 aromatic rings. The van der Waals surface area contributed by atoms with E-state index >= 15 is 0 Å². The normalized spacial score (nSPS) is 12.5. The summed E-state index contributed by atoms with van der Waals surface area (Å²) in [5, 5.41) is 18.1. The molecule has 2 N–H and O–H groups in total. The maximum atomic E-state index is 10.9. The Morgan fingerprint density at radius 1 is 1.60 bits per heavy atom. The van der Waals surface area contributed by atoms with Crippen molar-refractivity contribution >= 4 is 33.7 Å². The Hall–Kier alpha value is -0.520. The van der Waals surface area contributed by atoms with Gasteiger partial charge >= 0.3 is 5.97 Å². The van der Waals surface area contributed by atoms with Crippen LogP contribution in [0.15, 0.2) is 27.6 Å². The van der Waals surface area contributed by atoms with Gasteiger partial charge in [0.1, 0.15) is 0 Å². The summed E-state index contributed by atoms with van der Waals surface area (Å²) in [6.45, 7) is 1.67. The lowest BCUT2D eigenvalue weighted by Gasteiger charge is -2.07. The Morgan fingerprint density at radius 3 is 2.80 bits per heavy atom. The highest BCUT2D eigenvalue weighted by molar-refractivity contribution is 9.10. The summed E-state index contributed by atoms with van der Waals surface area (Å²) in [7, 11) is 0. The second-order valence-corrected chi connectivity index (χ2v) is 5.08. The molecule has 15 heavy (non-hydrogen) atoms. The standard InChI is InChI=1S/C10H11BrO3S/c1-6(12)5-15-9-4-7(11)2-3-8(9)10(13)14/h2-4,6,12H,5H2,1H3,(H,13,14). The summed E-state index contributed by atoms with van der Waals surface area (Å²) in [6.07, 6.45) is -0.448. The van der Waals surface area contributed by atoms with Gasteiger partial charge in [0.05, 0.1) is 11.7 Å². The van der Waals surface area contributed by atoms with Crippen LogP contribution in [0.5, 0.6) is 0 Å². The summed E-state index contributed by atoms with van der Waals surface area (Å²) < 4.78 is 0.834. The fraction of sp³-hybridized carbons (Fsp3) is 0.300. The third-order valence-electron chi connectivity index (χ3n) is 1.65. The molecule has 0 aliphatic carbocycles. The number of aromatic carboxylic acids is 1. The second-order valence-electron chi connectivity index (χ2n) is 3.11. The van der Waals surface area contributed by atoms with E-state index in [9.17, 15) is 4.79 Å². The first-order chi connectivity index (χ1) is 7.00. The Bertz CT molecular complexity index is 366. The van der Waals surface area contributed by atoms with Crippen molar-refractivity contribution in [1.82, 2.24) is 0 Å². The minimum Gasteiger partial charge on any atom is -0.478 e. The van der Waals surface area contributed by atoms with Crippen molar-refractivity contribution in [1.29, 1.82) is 0 Å². The maximum Gasteiger partial charge on any atom is 0.336 e. The SMILES string of the molecule is CC(O)CSc1cc(Br)ccc1C(=O)O. The summed E-state index contributed by atoms with van der Waals surface area (Å²) >= 11 is 4.62. The van der Waals surface area contributed by atoms with Gasteiger partial charge in [0, 0.05) is 15.1 Å². The van der Waals surface area contributed by atoms with Crippen molar-refractivity contribution in [2.45, 2.75) is 17.9 Å². The molecule has 0 fully saturated rings. The molecule has 0 radical (unpaired) electrons. The van der Waals surface area contributed by atoms with Crippen LogP contribution in [0, 0.1) is 0 Å². The summed E-state index contributed by atoms with van der Waals surface area (Å²) in [5.41, 5.74) is 0.267. The van der Waals surface area contributed by atoms with Crippen molar-refractivity contribution in [3.8, 4) is 0 Å². The molecule has 1 rings (SSSR count). The third-order valence-corrected chi connectivity index (χ3v) is 3.45. The molecule has 0 saturated carbocycles. The number of halogens is 1.